The molecule has 0 amide bonds. The van der Waals surface area contributed by atoms with Gasteiger partial charge in [-0.1, -0.05) is 25.6 Å². The summed E-state index contributed by atoms with van der Waals surface area (Å²) < 4.78 is 9.66. The van der Waals surface area contributed by atoms with Crippen molar-refractivity contribution in [2.75, 3.05) is 19.0 Å². The maximum atomic E-state index is 10.5. The highest BCUT2D eigenvalue weighted by atomic mass is 32.2. The van der Waals surface area contributed by atoms with E-state index in [-0.39, 0.29) is 19.1 Å². The van der Waals surface area contributed by atoms with E-state index in [1.807, 2.05) is 13.8 Å². The van der Waals surface area contributed by atoms with E-state index >= 15 is 0 Å². The van der Waals surface area contributed by atoms with E-state index in [4.69, 9.17) is 9.47 Å². The lowest BCUT2D eigenvalue weighted by Gasteiger charge is -2.47. The number of thioether (sulfide) groups is 2. The lowest BCUT2D eigenvalue weighted by atomic mass is 10.1. The Morgan fingerprint density at radius 3 is 2.21 bits per heavy atom. The average Bonchev–Trinajstić information content (AvgIpc) is 2.54. The minimum atomic E-state index is -1.42. The molecule has 10 heteroatoms. The van der Waals surface area contributed by atoms with Gasteiger partial charge in [0.05, 0.1) is 13.2 Å². The molecule has 0 aromatic heterocycles. The molecule has 2 aliphatic rings. The monoisotopic (exact) mass is 386 g/mol. The van der Waals surface area contributed by atoms with Crippen molar-refractivity contribution >= 4 is 23.5 Å². The normalized spacial score (nSPS) is 47.1. The molecule has 0 radical (unpaired) electrons. The zero-order chi connectivity index (χ0) is 18.1. The summed E-state index contributed by atoms with van der Waals surface area (Å²) in [6, 6.07) is 0. The highest BCUT2D eigenvalue weighted by molar-refractivity contribution is 8.18. The number of ether oxygens (including phenoxy) is 2. The molecule has 0 aromatic rings. The Bertz CT molecular complexity index is 414. The number of rotatable bonds is 5. The SMILES string of the molecule is CC(C)CS[C@@]1(S[C@@H]2OC[C@@H](O)[C@H](O)[C@H]2O)OC[C@@H](O)[C@H](O)[C@H]1O. The van der Waals surface area contributed by atoms with E-state index < -0.39 is 46.3 Å². The van der Waals surface area contributed by atoms with Crippen molar-refractivity contribution in [1.82, 2.24) is 0 Å². The third-order valence-corrected chi connectivity index (χ3v) is 7.46. The molecule has 8 nitrogen and oxygen atoms in total. The molecule has 2 rings (SSSR count). The van der Waals surface area contributed by atoms with Gasteiger partial charge < -0.3 is 40.1 Å². The lowest BCUT2D eigenvalue weighted by molar-refractivity contribution is -0.178. The Kier molecular flexibility index (Phi) is 7.22. The van der Waals surface area contributed by atoms with Crippen molar-refractivity contribution in [3.63, 3.8) is 0 Å². The standard InChI is InChI=1S/C14H26O8S2/c1-6(2)5-23-14(12(20)10(18)8(16)4-22-14)24-13-11(19)9(17)7(15)3-21-13/h6-13,15-20H,3-5H2,1-2H3/t7-,8-,9+,10+,11-,12-,13+,14+/m1/s1. The van der Waals surface area contributed by atoms with Gasteiger partial charge in [-0.05, 0) is 11.7 Å². The molecule has 2 heterocycles. The average molecular weight is 386 g/mol. The summed E-state index contributed by atoms with van der Waals surface area (Å²) in [6.45, 7) is 3.63. The zero-order valence-corrected chi connectivity index (χ0v) is 15.2. The Morgan fingerprint density at radius 1 is 0.958 bits per heavy atom. The maximum Gasteiger partial charge on any atom is 0.191 e. The predicted octanol–water partition coefficient (Wildman–Crippen LogP) is -1.69. The Morgan fingerprint density at radius 2 is 1.58 bits per heavy atom. The van der Waals surface area contributed by atoms with Crippen molar-refractivity contribution in [3.05, 3.63) is 0 Å². The first-order valence-corrected chi connectivity index (χ1v) is 9.70. The molecule has 0 saturated carbocycles. The van der Waals surface area contributed by atoms with Crippen LogP contribution in [0.25, 0.3) is 0 Å². The van der Waals surface area contributed by atoms with Crippen molar-refractivity contribution in [2.45, 2.75) is 60.2 Å². The second kappa shape index (κ2) is 8.38. The minimum absolute atomic E-state index is 0.165. The minimum Gasteiger partial charge on any atom is -0.388 e. The van der Waals surface area contributed by atoms with Crippen LogP contribution in [0.15, 0.2) is 0 Å². The summed E-state index contributed by atoms with van der Waals surface area (Å²) in [5.74, 6) is 0.873. The largest absolute Gasteiger partial charge is 0.388 e. The summed E-state index contributed by atoms with van der Waals surface area (Å²) in [7, 11) is 0. The second-order valence-corrected chi connectivity index (χ2v) is 9.28. The Balaban J connectivity index is 2.17. The molecule has 0 aliphatic carbocycles. The summed E-state index contributed by atoms with van der Waals surface area (Å²) in [5, 5.41) is 59.7. The van der Waals surface area contributed by atoms with E-state index in [1.54, 1.807) is 0 Å². The van der Waals surface area contributed by atoms with E-state index in [9.17, 15) is 30.6 Å². The molecule has 2 fully saturated rings. The number of hydrogen-bond acceptors (Lipinski definition) is 10. The van der Waals surface area contributed by atoms with Crippen molar-refractivity contribution < 1.29 is 40.1 Å². The number of aliphatic hydroxyl groups is 6. The first kappa shape index (κ1) is 20.7. The van der Waals surface area contributed by atoms with Crippen LogP contribution in [-0.2, 0) is 9.47 Å². The molecule has 2 aliphatic heterocycles. The Hall–Kier alpha value is 0.380. The molecule has 6 N–H and O–H groups in total. The van der Waals surface area contributed by atoms with Gasteiger partial charge in [0.15, 0.2) is 4.27 Å². The molecule has 0 bridgehead atoms. The van der Waals surface area contributed by atoms with E-state index in [0.29, 0.717) is 5.75 Å². The first-order valence-electron chi connectivity index (χ1n) is 7.83. The maximum absolute atomic E-state index is 10.5. The summed E-state index contributed by atoms with van der Waals surface area (Å²) >= 11 is 2.18. The van der Waals surface area contributed by atoms with Crippen molar-refractivity contribution in [3.8, 4) is 0 Å². The van der Waals surface area contributed by atoms with Gasteiger partial charge in [0.2, 0.25) is 0 Å². The van der Waals surface area contributed by atoms with Crippen LogP contribution in [0.1, 0.15) is 13.8 Å². The van der Waals surface area contributed by atoms with Crippen LogP contribution in [0.2, 0.25) is 0 Å². The summed E-state index contributed by atoms with van der Waals surface area (Å²) in [5.41, 5.74) is -0.958. The third kappa shape index (κ3) is 4.37. The van der Waals surface area contributed by atoms with Crippen LogP contribution < -0.4 is 0 Å². The fourth-order valence-electron chi connectivity index (χ4n) is 2.40. The zero-order valence-electron chi connectivity index (χ0n) is 13.6. The molecule has 0 aromatic carbocycles. The fraction of sp³-hybridized carbons (Fsp3) is 1.00. The quantitative estimate of drug-likeness (QED) is 0.303. The van der Waals surface area contributed by atoms with Gasteiger partial charge in [-0.25, -0.2) is 0 Å². The van der Waals surface area contributed by atoms with E-state index in [0.717, 1.165) is 11.8 Å². The van der Waals surface area contributed by atoms with Crippen LogP contribution in [0, 0.1) is 5.92 Å². The predicted molar refractivity (Wildman–Crippen MR) is 89.4 cm³/mol. The summed E-state index contributed by atoms with van der Waals surface area (Å²) in [6.07, 6.45) is -7.98. The number of aliphatic hydroxyl groups excluding tert-OH is 6. The highest BCUT2D eigenvalue weighted by Gasteiger charge is 2.54. The smallest absolute Gasteiger partial charge is 0.191 e. The van der Waals surface area contributed by atoms with Gasteiger partial charge in [-0.2, -0.15) is 0 Å². The number of hydrogen-bond donors (Lipinski definition) is 6. The van der Waals surface area contributed by atoms with E-state index in [1.165, 1.54) is 11.8 Å². The molecule has 142 valence electrons. The van der Waals surface area contributed by atoms with Crippen LogP contribution in [0.5, 0.6) is 0 Å². The molecule has 8 atom stereocenters. The van der Waals surface area contributed by atoms with Crippen LogP contribution in [-0.4, -0.2) is 95.9 Å². The third-order valence-electron chi connectivity index (χ3n) is 3.89. The van der Waals surface area contributed by atoms with Crippen LogP contribution in [0.3, 0.4) is 0 Å². The van der Waals surface area contributed by atoms with Gasteiger partial charge in [-0.3, -0.25) is 0 Å². The van der Waals surface area contributed by atoms with Gasteiger partial charge in [0, 0.05) is 0 Å². The first-order chi connectivity index (χ1) is 11.2. The molecule has 2 saturated heterocycles. The molecule has 24 heavy (non-hydrogen) atoms. The molecule has 0 spiro atoms. The fourth-order valence-corrected chi connectivity index (χ4v) is 5.37. The van der Waals surface area contributed by atoms with Gasteiger partial charge in [0.25, 0.3) is 0 Å². The lowest BCUT2D eigenvalue weighted by Crippen LogP contribution is -2.60. The van der Waals surface area contributed by atoms with Gasteiger partial charge in [0.1, 0.15) is 42.1 Å². The van der Waals surface area contributed by atoms with Crippen molar-refractivity contribution in [1.29, 1.82) is 0 Å². The highest BCUT2D eigenvalue weighted by Crippen LogP contribution is 2.49. The van der Waals surface area contributed by atoms with Crippen LogP contribution in [0.4, 0.5) is 0 Å². The molecule has 0 unspecified atom stereocenters. The summed E-state index contributed by atoms with van der Waals surface area (Å²) in [4.78, 5) is 0. The van der Waals surface area contributed by atoms with E-state index in [2.05, 4.69) is 0 Å². The van der Waals surface area contributed by atoms with Gasteiger partial charge in [-0.15, -0.1) is 11.8 Å². The molecular formula is C14H26O8S2. The Labute approximate surface area is 149 Å². The van der Waals surface area contributed by atoms with Crippen LogP contribution >= 0.6 is 23.5 Å². The molecular weight excluding hydrogens is 360 g/mol. The second-order valence-electron chi connectivity index (χ2n) is 6.49. The van der Waals surface area contributed by atoms with Crippen molar-refractivity contribution in [2.24, 2.45) is 5.92 Å². The van der Waals surface area contributed by atoms with Gasteiger partial charge >= 0.3 is 0 Å². The topological polar surface area (TPSA) is 140 Å².